The van der Waals surface area contributed by atoms with Crippen molar-refractivity contribution < 1.29 is 18.5 Å². The zero-order valence-electron chi connectivity index (χ0n) is 16.1. The number of carbonyl (C=O) groups is 2. The molecule has 1 saturated heterocycles. The van der Waals surface area contributed by atoms with Gasteiger partial charge in [-0.3, -0.25) is 9.59 Å². The molecule has 0 bridgehead atoms. The first-order valence-corrected chi connectivity index (χ1v) is 9.45. The maximum atomic E-state index is 13.2. The van der Waals surface area contributed by atoms with Crippen LogP contribution in [-0.2, 0) is 4.79 Å². The average molecular weight is 394 g/mol. The third-order valence-corrected chi connectivity index (χ3v) is 4.98. The summed E-state index contributed by atoms with van der Waals surface area (Å²) in [5.41, 5.74) is 0.808. The lowest BCUT2D eigenvalue weighted by Gasteiger charge is -2.34. The minimum Gasteiger partial charge on any atom is -0.461 e. The molecule has 150 valence electrons. The van der Waals surface area contributed by atoms with E-state index in [9.17, 15) is 9.59 Å². The summed E-state index contributed by atoms with van der Waals surface area (Å²) in [6.45, 7) is 2.86. The van der Waals surface area contributed by atoms with E-state index in [0.29, 0.717) is 24.6 Å². The van der Waals surface area contributed by atoms with Crippen LogP contribution in [-0.4, -0.2) is 60.0 Å². The highest BCUT2D eigenvalue weighted by molar-refractivity contribution is 5.97. The molecule has 0 radical (unpaired) electrons. The molecule has 8 heteroatoms. The second-order valence-corrected chi connectivity index (χ2v) is 7.00. The Morgan fingerprint density at radius 3 is 2.48 bits per heavy atom. The molecule has 1 aliphatic heterocycles. The molecule has 29 heavy (non-hydrogen) atoms. The Hall–Kier alpha value is -3.39. The topological polar surface area (TPSA) is 91.8 Å². The van der Waals surface area contributed by atoms with Gasteiger partial charge in [0.05, 0.1) is 6.26 Å². The van der Waals surface area contributed by atoms with Gasteiger partial charge in [-0.15, -0.1) is 0 Å². The normalized spacial score (nSPS) is 15.8. The highest BCUT2D eigenvalue weighted by atomic mass is 16.5. The number of hydrogen-bond donors (Lipinski definition) is 1. The molecule has 4 rings (SSSR count). The average Bonchev–Trinajstić information content (AvgIpc) is 3.44. The molecule has 3 heterocycles. The largest absolute Gasteiger partial charge is 0.461 e. The van der Waals surface area contributed by atoms with E-state index in [1.807, 2.05) is 37.4 Å². The number of furan rings is 1. The van der Waals surface area contributed by atoms with Crippen molar-refractivity contribution in [2.45, 2.75) is 6.04 Å². The first-order chi connectivity index (χ1) is 14.1. The first kappa shape index (κ1) is 18.9. The number of nitrogens with one attached hydrogen (secondary N) is 1. The highest BCUT2D eigenvalue weighted by Crippen LogP contribution is 2.22. The Kier molecular flexibility index (Phi) is 5.44. The second-order valence-electron chi connectivity index (χ2n) is 7.00. The van der Waals surface area contributed by atoms with Crippen LogP contribution in [0.3, 0.4) is 0 Å². The van der Waals surface area contributed by atoms with Crippen LogP contribution in [0, 0.1) is 0 Å². The number of amides is 2. The number of nitrogens with zero attached hydrogens (tertiary/aromatic N) is 3. The van der Waals surface area contributed by atoms with Crippen LogP contribution in [0.15, 0.2) is 63.7 Å². The SMILES string of the molecule is CN1CCN(C(=O)[C@@H](NC(=O)c2cc(-c3ccco3)on2)c2ccccc2)CC1. The lowest BCUT2D eigenvalue weighted by Crippen LogP contribution is -2.51. The zero-order chi connectivity index (χ0) is 20.2. The lowest BCUT2D eigenvalue weighted by molar-refractivity contribution is -0.135. The summed E-state index contributed by atoms with van der Waals surface area (Å²) in [6, 6.07) is 13.4. The van der Waals surface area contributed by atoms with E-state index in [-0.39, 0.29) is 11.6 Å². The lowest BCUT2D eigenvalue weighted by atomic mass is 10.0. The van der Waals surface area contributed by atoms with E-state index in [2.05, 4.69) is 15.4 Å². The monoisotopic (exact) mass is 394 g/mol. The van der Waals surface area contributed by atoms with Gasteiger partial charge in [-0.2, -0.15) is 0 Å². The quantitative estimate of drug-likeness (QED) is 0.713. The summed E-state index contributed by atoms with van der Waals surface area (Å²) in [5, 5.41) is 6.64. The molecule has 1 fully saturated rings. The van der Waals surface area contributed by atoms with Crippen molar-refractivity contribution in [1.29, 1.82) is 0 Å². The van der Waals surface area contributed by atoms with Crippen LogP contribution >= 0.6 is 0 Å². The van der Waals surface area contributed by atoms with Crippen molar-refractivity contribution in [3.63, 3.8) is 0 Å². The fourth-order valence-electron chi connectivity index (χ4n) is 3.26. The molecule has 8 nitrogen and oxygen atoms in total. The Morgan fingerprint density at radius 2 is 1.79 bits per heavy atom. The van der Waals surface area contributed by atoms with Gasteiger partial charge in [0.2, 0.25) is 11.7 Å². The minimum atomic E-state index is -0.795. The van der Waals surface area contributed by atoms with Gasteiger partial charge in [0.1, 0.15) is 6.04 Å². The second kappa shape index (κ2) is 8.32. The van der Waals surface area contributed by atoms with Crippen molar-refractivity contribution in [3.8, 4) is 11.5 Å². The highest BCUT2D eigenvalue weighted by Gasteiger charge is 2.30. The van der Waals surface area contributed by atoms with Gasteiger partial charge in [0, 0.05) is 32.2 Å². The van der Waals surface area contributed by atoms with Crippen molar-refractivity contribution in [3.05, 3.63) is 66.1 Å². The van der Waals surface area contributed by atoms with Crippen LogP contribution in [0.25, 0.3) is 11.5 Å². The molecule has 1 aliphatic rings. The van der Waals surface area contributed by atoms with Gasteiger partial charge in [-0.05, 0) is 24.7 Å². The predicted molar refractivity (Wildman–Crippen MR) is 105 cm³/mol. The number of hydrogen-bond acceptors (Lipinski definition) is 6. The van der Waals surface area contributed by atoms with E-state index in [1.54, 1.807) is 17.0 Å². The van der Waals surface area contributed by atoms with E-state index >= 15 is 0 Å². The number of piperazine rings is 1. The maximum absolute atomic E-state index is 13.2. The summed E-state index contributed by atoms with van der Waals surface area (Å²) in [4.78, 5) is 30.0. The van der Waals surface area contributed by atoms with E-state index in [0.717, 1.165) is 18.7 Å². The summed E-state index contributed by atoms with van der Waals surface area (Å²) >= 11 is 0. The van der Waals surface area contributed by atoms with Gasteiger partial charge in [0.15, 0.2) is 11.5 Å². The summed E-state index contributed by atoms with van der Waals surface area (Å²) in [7, 11) is 2.03. The summed E-state index contributed by atoms with van der Waals surface area (Å²) in [5.74, 6) is 0.210. The van der Waals surface area contributed by atoms with Gasteiger partial charge in [-0.1, -0.05) is 35.5 Å². The van der Waals surface area contributed by atoms with Gasteiger partial charge in [-0.25, -0.2) is 0 Å². The zero-order valence-corrected chi connectivity index (χ0v) is 16.1. The molecule has 1 aromatic carbocycles. The van der Waals surface area contributed by atoms with Crippen molar-refractivity contribution in [2.75, 3.05) is 33.2 Å². The molecule has 3 aromatic rings. The Balaban J connectivity index is 1.54. The third-order valence-electron chi connectivity index (χ3n) is 4.98. The molecule has 1 atom stereocenters. The van der Waals surface area contributed by atoms with E-state index < -0.39 is 11.9 Å². The molecule has 0 saturated carbocycles. The maximum Gasteiger partial charge on any atom is 0.274 e. The van der Waals surface area contributed by atoms with E-state index in [1.165, 1.54) is 12.3 Å². The molecule has 2 aromatic heterocycles. The molecular formula is C21H22N4O4. The van der Waals surface area contributed by atoms with Crippen molar-refractivity contribution >= 4 is 11.8 Å². The number of benzene rings is 1. The Morgan fingerprint density at radius 1 is 1.03 bits per heavy atom. The number of likely N-dealkylation sites (N-methyl/N-ethyl adjacent to an activating group) is 1. The summed E-state index contributed by atoms with van der Waals surface area (Å²) in [6.07, 6.45) is 1.51. The minimum absolute atomic E-state index is 0.0866. The molecular weight excluding hydrogens is 372 g/mol. The molecule has 2 amide bonds. The fourth-order valence-corrected chi connectivity index (χ4v) is 3.26. The van der Waals surface area contributed by atoms with Crippen LogP contribution in [0.4, 0.5) is 0 Å². The molecule has 0 spiro atoms. The first-order valence-electron chi connectivity index (χ1n) is 9.45. The van der Waals surface area contributed by atoms with E-state index in [4.69, 9.17) is 8.94 Å². The van der Waals surface area contributed by atoms with Gasteiger partial charge >= 0.3 is 0 Å². The number of carbonyl (C=O) groups excluding carboxylic acids is 2. The van der Waals surface area contributed by atoms with Crippen LogP contribution < -0.4 is 5.32 Å². The predicted octanol–water partition coefficient (Wildman–Crippen LogP) is 2.18. The van der Waals surface area contributed by atoms with Crippen LogP contribution in [0.1, 0.15) is 22.1 Å². The van der Waals surface area contributed by atoms with Crippen LogP contribution in [0.5, 0.6) is 0 Å². The van der Waals surface area contributed by atoms with Crippen molar-refractivity contribution in [2.24, 2.45) is 0 Å². The number of aromatic nitrogens is 1. The Bertz CT molecular complexity index is 960. The fraction of sp³-hybridized carbons (Fsp3) is 0.286. The van der Waals surface area contributed by atoms with Gasteiger partial charge in [0.25, 0.3) is 5.91 Å². The molecule has 0 aliphatic carbocycles. The van der Waals surface area contributed by atoms with Gasteiger partial charge < -0.3 is 24.1 Å². The third kappa shape index (κ3) is 4.22. The van der Waals surface area contributed by atoms with Crippen LogP contribution in [0.2, 0.25) is 0 Å². The standard InChI is InChI=1S/C21H22N4O4/c1-24-9-11-25(12-10-24)21(27)19(15-6-3-2-4-7-15)22-20(26)16-14-18(29-23-16)17-8-5-13-28-17/h2-8,13-14,19H,9-12H2,1H3,(H,22,26)/t19-/m0/s1. The number of rotatable bonds is 5. The molecule has 0 unspecified atom stereocenters. The summed E-state index contributed by atoms with van der Waals surface area (Å²) < 4.78 is 10.5. The molecule has 1 N–H and O–H groups in total. The van der Waals surface area contributed by atoms with Crippen molar-refractivity contribution in [1.82, 2.24) is 20.3 Å². The Labute approximate surface area is 168 Å². The smallest absolute Gasteiger partial charge is 0.274 e.